The van der Waals surface area contributed by atoms with Crippen molar-refractivity contribution in [1.82, 2.24) is 0 Å². The number of hydrogen-bond acceptors (Lipinski definition) is 3. The van der Waals surface area contributed by atoms with E-state index in [1.54, 1.807) is 12.1 Å². The summed E-state index contributed by atoms with van der Waals surface area (Å²) >= 11 is 9.68. The van der Waals surface area contributed by atoms with Gasteiger partial charge >= 0.3 is 0 Å². The van der Waals surface area contributed by atoms with Crippen molar-refractivity contribution in [2.45, 2.75) is 13.0 Å². The SMILES string of the molecule is COc1ccc(C(O)c2cc(C)cc(Br)c2)c(OC)c1Cl. The number of hydrogen-bond donors (Lipinski definition) is 1. The highest BCUT2D eigenvalue weighted by molar-refractivity contribution is 9.10. The number of methoxy groups -OCH3 is 2. The maximum atomic E-state index is 10.6. The van der Waals surface area contributed by atoms with E-state index in [0.717, 1.165) is 15.6 Å². The van der Waals surface area contributed by atoms with Crippen LogP contribution < -0.4 is 9.47 Å². The van der Waals surface area contributed by atoms with Crippen LogP contribution in [0.1, 0.15) is 22.8 Å². The second kappa shape index (κ2) is 6.69. The second-order valence-electron chi connectivity index (χ2n) is 4.67. The molecule has 1 N–H and O–H groups in total. The van der Waals surface area contributed by atoms with E-state index in [9.17, 15) is 5.11 Å². The minimum atomic E-state index is -0.834. The molecule has 1 atom stereocenters. The lowest BCUT2D eigenvalue weighted by Gasteiger charge is -2.18. The van der Waals surface area contributed by atoms with Gasteiger partial charge in [0.1, 0.15) is 22.6 Å². The van der Waals surface area contributed by atoms with Gasteiger partial charge in [0.25, 0.3) is 0 Å². The van der Waals surface area contributed by atoms with E-state index in [2.05, 4.69) is 15.9 Å². The molecule has 0 fully saturated rings. The third-order valence-corrected chi connectivity index (χ3v) is 4.01. The lowest BCUT2D eigenvalue weighted by Crippen LogP contribution is -2.04. The van der Waals surface area contributed by atoms with Gasteiger partial charge in [0, 0.05) is 10.0 Å². The van der Waals surface area contributed by atoms with E-state index in [1.165, 1.54) is 14.2 Å². The summed E-state index contributed by atoms with van der Waals surface area (Å²) in [6.07, 6.45) is -0.834. The van der Waals surface area contributed by atoms with Crippen molar-refractivity contribution in [3.63, 3.8) is 0 Å². The summed E-state index contributed by atoms with van der Waals surface area (Å²) < 4.78 is 11.4. The van der Waals surface area contributed by atoms with Gasteiger partial charge in [0.15, 0.2) is 0 Å². The Kier molecular flexibility index (Phi) is 5.14. The van der Waals surface area contributed by atoms with Gasteiger partial charge in [-0.25, -0.2) is 0 Å². The number of benzene rings is 2. The van der Waals surface area contributed by atoms with E-state index < -0.39 is 6.10 Å². The maximum Gasteiger partial charge on any atom is 0.147 e. The van der Waals surface area contributed by atoms with Crippen LogP contribution in [0.5, 0.6) is 11.5 Å². The van der Waals surface area contributed by atoms with E-state index in [4.69, 9.17) is 21.1 Å². The summed E-state index contributed by atoms with van der Waals surface area (Å²) in [6, 6.07) is 9.25. The van der Waals surface area contributed by atoms with Gasteiger partial charge in [-0.2, -0.15) is 0 Å². The van der Waals surface area contributed by atoms with Crippen LogP contribution in [0, 0.1) is 6.92 Å². The van der Waals surface area contributed by atoms with Crippen LogP contribution in [0.2, 0.25) is 5.02 Å². The van der Waals surface area contributed by atoms with E-state index in [0.29, 0.717) is 22.1 Å². The lowest BCUT2D eigenvalue weighted by atomic mass is 9.99. The minimum absolute atomic E-state index is 0.350. The third kappa shape index (κ3) is 3.34. The maximum absolute atomic E-state index is 10.6. The summed E-state index contributed by atoms with van der Waals surface area (Å²) in [7, 11) is 3.05. The highest BCUT2D eigenvalue weighted by Crippen LogP contribution is 2.41. The van der Waals surface area contributed by atoms with Crippen LogP contribution in [-0.4, -0.2) is 19.3 Å². The third-order valence-electron chi connectivity index (χ3n) is 3.19. The predicted octanol–water partition coefficient (Wildman–Crippen LogP) is 4.51. The first-order valence-electron chi connectivity index (χ1n) is 6.33. The Hall–Kier alpha value is -1.23. The molecular weight excluding hydrogens is 356 g/mol. The zero-order chi connectivity index (χ0) is 15.6. The Labute approximate surface area is 137 Å². The Morgan fingerprint density at radius 3 is 2.43 bits per heavy atom. The molecule has 0 heterocycles. The summed E-state index contributed by atoms with van der Waals surface area (Å²) in [5.74, 6) is 0.927. The predicted molar refractivity (Wildman–Crippen MR) is 87.5 cm³/mol. The summed E-state index contributed by atoms with van der Waals surface area (Å²) in [6.45, 7) is 1.97. The molecule has 0 amide bonds. The molecule has 2 aromatic carbocycles. The Morgan fingerprint density at radius 2 is 1.86 bits per heavy atom. The quantitative estimate of drug-likeness (QED) is 0.859. The molecule has 0 spiro atoms. The molecule has 0 aliphatic carbocycles. The molecule has 0 aliphatic heterocycles. The molecule has 0 bridgehead atoms. The number of aliphatic hydroxyl groups excluding tert-OH is 1. The van der Waals surface area contributed by atoms with Crippen LogP contribution in [0.3, 0.4) is 0 Å². The number of aryl methyl sites for hydroxylation is 1. The van der Waals surface area contributed by atoms with Crippen molar-refractivity contribution in [3.05, 3.63) is 56.5 Å². The normalized spacial score (nSPS) is 12.1. The van der Waals surface area contributed by atoms with Crippen molar-refractivity contribution >= 4 is 27.5 Å². The van der Waals surface area contributed by atoms with Crippen LogP contribution in [0.15, 0.2) is 34.8 Å². The van der Waals surface area contributed by atoms with Gasteiger partial charge in [-0.15, -0.1) is 0 Å². The molecule has 1 unspecified atom stereocenters. The highest BCUT2D eigenvalue weighted by atomic mass is 79.9. The monoisotopic (exact) mass is 370 g/mol. The Morgan fingerprint density at radius 1 is 1.14 bits per heavy atom. The fourth-order valence-electron chi connectivity index (χ4n) is 2.24. The van der Waals surface area contributed by atoms with Crippen molar-refractivity contribution < 1.29 is 14.6 Å². The molecule has 0 saturated carbocycles. The fraction of sp³-hybridized carbons (Fsp3) is 0.250. The molecular formula is C16H16BrClO3. The van der Waals surface area contributed by atoms with Crippen molar-refractivity contribution in [3.8, 4) is 11.5 Å². The highest BCUT2D eigenvalue weighted by Gasteiger charge is 2.20. The first-order valence-corrected chi connectivity index (χ1v) is 7.50. The van der Waals surface area contributed by atoms with Gasteiger partial charge in [0.2, 0.25) is 0 Å². The molecule has 112 valence electrons. The van der Waals surface area contributed by atoms with E-state index in [1.807, 2.05) is 25.1 Å². The number of halogens is 2. The zero-order valence-corrected chi connectivity index (χ0v) is 14.3. The summed E-state index contributed by atoms with van der Waals surface area (Å²) in [4.78, 5) is 0. The van der Waals surface area contributed by atoms with Gasteiger partial charge in [-0.05, 0) is 42.3 Å². The van der Waals surface area contributed by atoms with Crippen molar-refractivity contribution in [1.29, 1.82) is 0 Å². The van der Waals surface area contributed by atoms with Gasteiger partial charge < -0.3 is 14.6 Å². The fourth-order valence-corrected chi connectivity index (χ4v) is 3.19. The molecule has 0 saturated heterocycles. The molecule has 0 aliphatic rings. The molecule has 0 aromatic heterocycles. The summed E-state index contributed by atoms with van der Waals surface area (Å²) in [5.41, 5.74) is 2.42. The molecule has 2 aromatic rings. The lowest BCUT2D eigenvalue weighted by molar-refractivity contribution is 0.214. The first kappa shape index (κ1) is 16.1. The molecule has 3 nitrogen and oxygen atoms in total. The smallest absolute Gasteiger partial charge is 0.147 e. The molecule has 2 rings (SSSR count). The topological polar surface area (TPSA) is 38.7 Å². The largest absolute Gasteiger partial charge is 0.495 e. The van der Waals surface area contributed by atoms with Gasteiger partial charge in [-0.3, -0.25) is 0 Å². The van der Waals surface area contributed by atoms with Crippen molar-refractivity contribution in [2.75, 3.05) is 14.2 Å². The van der Waals surface area contributed by atoms with Crippen LogP contribution in [-0.2, 0) is 0 Å². The first-order chi connectivity index (χ1) is 9.97. The second-order valence-corrected chi connectivity index (χ2v) is 5.96. The average Bonchev–Trinajstić information content (AvgIpc) is 2.45. The molecule has 0 radical (unpaired) electrons. The van der Waals surface area contributed by atoms with Crippen molar-refractivity contribution in [2.24, 2.45) is 0 Å². The number of ether oxygens (including phenoxy) is 2. The molecule has 5 heteroatoms. The van der Waals surface area contributed by atoms with Gasteiger partial charge in [0.05, 0.1) is 14.2 Å². The molecule has 21 heavy (non-hydrogen) atoms. The van der Waals surface area contributed by atoms with Crippen LogP contribution >= 0.6 is 27.5 Å². The van der Waals surface area contributed by atoms with Crippen LogP contribution in [0.25, 0.3) is 0 Å². The summed E-state index contributed by atoms with van der Waals surface area (Å²) in [5, 5.41) is 11.0. The zero-order valence-electron chi connectivity index (χ0n) is 12.0. The Bertz CT molecular complexity index is 638. The Balaban J connectivity index is 2.52. The number of aliphatic hydroxyl groups is 1. The van der Waals surface area contributed by atoms with E-state index >= 15 is 0 Å². The van der Waals surface area contributed by atoms with Gasteiger partial charge in [-0.1, -0.05) is 33.6 Å². The minimum Gasteiger partial charge on any atom is -0.495 e. The average molecular weight is 372 g/mol. The number of rotatable bonds is 4. The van der Waals surface area contributed by atoms with Crippen LogP contribution in [0.4, 0.5) is 0 Å². The van der Waals surface area contributed by atoms with E-state index in [-0.39, 0.29) is 0 Å². The standard InChI is InChI=1S/C16H16BrClO3/c1-9-6-10(8-11(17)7-9)15(19)12-4-5-13(20-2)14(18)16(12)21-3/h4-8,15,19H,1-3H3.